The van der Waals surface area contributed by atoms with Crippen LogP contribution < -0.4 is 10.3 Å². The van der Waals surface area contributed by atoms with E-state index >= 15 is 0 Å². The molecule has 0 amide bonds. The van der Waals surface area contributed by atoms with E-state index in [-0.39, 0.29) is 12.2 Å². The zero-order valence-corrected chi connectivity index (χ0v) is 15.6. The fraction of sp³-hybridized carbons (Fsp3) is 0.158. The highest BCUT2D eigenvalue weighted by molar-refractivity contribution is 9.10. The van der Waals surface area contributed by atoms with Gasteiger partial charge in [-0.05, 0) is 48.0 Å². The molecule has 0 saturated heterocycles. The van der Waals surface area contributed by atoms with E-state index in [2.05, 4.69) is 26.0 Å². The van der Waals surface area contributed by atoms with Gasteiger partial charge in [0.05, 0.1) is 17.1 Å². The van der Waals surface area contributed by atoms with Gasteiger partial charge >= 0.3 is 0 Å². The van der Waals surface area contributed by atoms with Gasteiger partial charge in [0.1, 0.15) is 17.6 Å². The van der Waals surface area contributed by atoms with Crippen LogP contribution in [0.4, 0.5) is 0 Å². The first-order chi connectivity index (χ1) is 12.6. The van der Waals surface area contributed by atoms with Crippen molar-refractivity contribution in [1.82, 2.24) is 9.66 Å². The average molecular weight is 411 g/mol. The summed E-state index contributed by atoms with van der Waals surface area (Å²) in [6.45, 7) is 1.93. The number of hydrogen-bond acceptors (Lipinski definition) is 5. The molecule has 0 saturated carbocycles. The maximum absolute atomic E-state index is 12.8. The molecule has 0 radical (unpaired) electrons. The van der Waals surface area contributed by atoms with E-state index in [1.54, 1.807) is 36.5 Å². The molecule has 0 N–H and O–H groups in total. The molecule has 130 valence electrons. The number of rotatable bonds is 5. The number of halogens is 1. The number of fused-ring (bicyclic) bond motifs is 1. The smallest absolute Gasteiger partial charge is 0.282 e. The van der Waals surface area contributed by atoms with E-state index in [1.807, 2.05) is 25.1 Å². The molecule has 3 aromatic rings. The van der Waals surface area contributed by atoms with Gasteiger partial charge in [-0.15, -0.1) is 0 Å². The second-order valence-electron chi connectivity index (χ2n) is 5.42. The molecule has 0 spiro atoms. The predicted molar refractivity (Wildman–Crippen MR) is 104 cm³/mol. The van der Waals surface area contributed by atoms with Crippen LogP contribution in [-0.2, 0) is 6.42 Å². The number of aromatic nitrogens is 2. The number of nitrogens with zero attached hydrogens (tertiary/aromatic N) is 4. The fourth-order valence-corrected chi connectivity index (χ4v) is 2.79. The van der Waals surface area contributed by atoms with Gasteiger partial charge in [0.2, 0.25) is 0 Å². The van der Waals surface area contributed by atoms with E-state index in [1.165, 1.54) is 4.68 Å². The van der Waals surface area contributed by atoms with Crippen molar-refractivity contribution in [3.8, 4) is 11.8 Å². The molecule has 0 unspecified atom stereocenters. The van der Waals surface area contributed by atoms with Gasteiger partial charge in [-0.25, -0.2) is 4.98 Å². The van der Waals surface area contributed by atoms with Crippen LogP contribution in [0.1, 0.15) is 18.3 Å². The summed E-state index contributed by atoms with van der Waals surface area (Å²) < 4.78 is 7.36. The molecular weight excluding hydrogens is 396 g/mol. The number of aryl methyl sites for hydroxylation is 1. The third-order valence-corrected chi connectivity index (χ3v) is 4.19. The molecule has 0 aliphatic carbocycles. The normalized spacial score (nSPS) is 11.0. The van der Waals surface area contributed by atoms with Gasteiger partial charge in [0, 0.05) is 10.9 Å². The third-order valence-electron chi connectivity index (χ3n) is 3.70. The van der Waals surface area contributed by atoms with Crippen molar-refractivity contribution in [2.75, 3.05) is 6.61 Å². The zero-order chi connectivity index (χ0) is 18.5. The highest BCUT2D eigenvalue weighted by atomic mass is 79.9. The van der Waals surface area contributed by atoms with Gasteiger partial charge in [-0.1, -0.05) is 22.9 Å². The molecule has 0 aliphatic rings. The van der Waals surface area contributed by atoms with Crippen molar-refractivity contribution >= 4 is 33.0 Å². The Morgan fingerprint density at radius 2 is 2.08 bits per heavy atom. The SMILES string of the molecule is CCc1nc2ccc(Br)cc2c(=O)n1N=Cc1ccc(OCC#N)cc1. The number of ether oxygens (including phenoxy) is 1. The average Bonchev–Trinajstić information content (AvgIpc) is 2.66. The minimum Gasteiger partial charge on any atom is -0.479 e. The minimum absolute atomic E-state index is 0.00100. The standard InChI is InChI=1S/C19H15BrN4O2/c1-2-18-23-17-8-5-14(20)11-16(17)19(25)24(18)22-12-13-3-6-15(7-4-13)26-10-9-21/h3-8,11-12H,2,10H2,1H3. The van der Waals surface area contributed by atoms with Crippen LogP contribution in [-0.4, -0.2) is 22.5 Å². The number of nitriles is 1. The minimum atomic E-state index is -0.210. The van der Waals surface area contributed by atoms with Crippen LogP contribution in [0.15, 0.2) is 56.8 Å². The molecule has 1 heterocycles. The quantitative estimate of drug-likeness (QED) is 0.602. The first-order valence-electron chi connectivity index (χ1n) is 7.97. The monoisotopic (exact) mass is 410 g/mol. The Morgan fingerprint density at radius 3 is 2.77 bits per heavy atom. The Balaban J connectivity index is 1.97. The highest BCUT2D eigenvalue weighted by Gasteiger charge is 2.09. The Bertz CT molecular complexity index is 1070. The van der Waals surface area contributed by atoms with E-state index in [4.69, 9.17) is 10.00 Å². The summed E-state index contributed by atoms with van der Waals surface area (Å²) in [5.41, 5.74) is 1.25. The summed E-state index contributed by atoms with van der Waals surface area (Å²) in [6, 6.07) is 14.4. The first kappa shape index (κ1) is 17.8. The zero-order valence-electron chi connectivity index (χ0n) is 14.0. The summed E-state index contributed by atoms with van der Waals surface area (Å²) in [5.74, 6) is 1.20. The lowest BCUT2D eigenvalue weighted by molar-refractivity contribution is 0.368. The van der Waals surface area contributed by atoms with Crippen LogP contribution in [0.5, 0.6) is 5.75 Å². The van der Waals surface area contributed by atoms with E-state index in [0.717, 1.165) is 10.0 Å². The summed E-state index contributed by atoms with van der Waals surface area (Å²) >= 11 is 3.38. The lowest BCUT2D eigenvalue weighted by Crippen LogP contribution is -2.22. The van der Waals surface area contributed by atoms with Gasteiger partial charge in [0.15, 0.2) is 6.61 Å². The number of benzene rings is 2. The summed E-state index contributed by atoms with van der Waals surface area (Å²) in [4.78, 5) is 17.3. The molecule has 2 aromatic carbocycles. The van der Waals surface area contributed by atoms with Crippen molar-refractivity contribution in [1.29, 1.82) is 5.26 Å². The highest BCUT2D eigenvalue weighted by Crippen LogP contribution is 2.16. The van der Waals surface area contributed by atoms with Crippen molar-refractivity contribution in [2.45, 2.75) is 13.3 Å². The predicted octanol–water partition coefficient (Wildman–Crippen LogP) is 3.51. The molecule has 6 nitrogen and oxygen atoms in total. The summed E-state index contributed by atoms with van der Waals surface area (Å²) in [6.07, 6.45) is 2.18. The van der Waals surface area contributed by atoms with Crippen molar-refractivity contribution in [3.63, 3.8) is 0 Å². The van der Waals surface area contributed by atoms with Crippen LogP contribution in [0.2, 0.25) is 0 Å². The Labute approximate surface area is 158 Å². The summed E-state index contributed by atoms with van der Waals surface area (Å²) in [5, 5.41) is 13.4. The van der Waals surface area contributed by atoms with Crippen molar-refractivity contribution in [2.24, 2.45) is 5.10 Å². The van der Waals surface area contributed by atoms with E-state index in [0.29, 0.717) is 28.9 Å². The number of hydrogen-bond donors (Lipinski definition) is 0. The van der Waals surface area contributed by atoms with Crippen LogP contribution in [0.25, 0.3) is 10.9 Å². The van der Waals surface area contributed by atoms with E-state index in [9.17, 15) is 4.79 Å². The Hall–Kier alpha value is -2.98. The maximum Gasteiger partial charge on any atom is 0.282 e. The van der Waals surface area contributed by atoms with Crippen LogP contribution in [0, 0.1) is 11.3 Å². The topological polar surface area (TPSA) is 80.3 Å². The van der Waals surface area contributed by atoms with E-state index < -0.39 is 0 Å². The molecule has 1 aromatic heterocycles. The molecule has 3 rings (SSSR count). The molecular formula is C19H15BrN4O2. The molecule has 0 aliphatic heterocycles. The largest absolute Gasteiger partial charge is 0.479 e. The summed E-state index contributed by atoms with van der Waals surface area (Å²) in [7, 11) is 0. The Morgan fingerprint density at radius 1 is 1.31 bits per heavy atom. The molecule has 0 bridgehead atoms. The molecule has 0 atom stereocenters. The van der Waals surface area contributed by atoms with Crippen molar-refractivity contribution in [3.05, 3.63) is 68.7 Å². The van der Waals surface area contributed by atoms with Gasteiger partial charge in [-0.2, -0.15) is 15.0 Å². The molecule has 7 heteroatoms. The second kappa shape index (κ2) is 7.93. The third kappa shape index (κ3) is 3.81. The van der Waals surface area contributed by atoms with Crippen LogP contribution >= 0.6 is 15.9 Å². The molecule has 26 heavy (non-hydrogen) atoms. The lowest BCUT2D eigenvalue weighted by Gasteiger charge is -2.07. The fourth-order valence-electron chi connectivity index (χ4n) is 2.43. The first-order valence-corrected chi connectivity index (χ1v) is 8.77. The Kier molecular flexibility index (Phi) is 5.44. The van der Waals surface area contributed by atoms with Crippen LogP contribution in [0.3, 0.4) is 0 Å². The second-order valence-corrected chi connectivity index (χ2v) is 6.34. The van der Waals surface area contributed by atoms with Gasteiger partial charge in [0.25, 0.3) is 5.56 Å². The van der Waals surface area contributed by atoms with Gasteiger partial charge in [-0.3, -0.25) is 4.79 Å². The molecule has 0 fully saturated rings. The maximum atomic E-state index is 12.8. The van der Waals surface area contributed by atoms with Gasteiger partial charge < -0.3 is 4.74 Å². The van der Waals surface area contributed by atoms with Crippen molar-refractivity contribution < 1.29 is 4.74 Å². The lowest BCUT2D eigenvalue weighted by atomic mass is 10.2.